The molecular formula is C21H13ClN2OS2. The number of benzene rings is 3. The van der Waals surface area contributed by atoms with E-state index >= 15 is 0 Å². The van der Waals surface area contributed by atoms with E-state index in [4.69, 9.17) is 11.6 Å². The van der Waals surface area contributed by atoms with Gasteiger partial charge in [-0.25, -0.2) is 0 Å². The SMILES string of the molecule is Cn1c(=NC(=O)c2sc3ccccc3c2Cl)sc2c3ccccc3ccc21. The molecule has 5 aromatic rings. The topological polar surface area (TPSA) is 34.4 Å². The standard InChI is InChI=1S/C21H13ClN2OS2/c1-24-15-11-10-12-6-2-3-7-13(12)18(15)27-21(24)23-20(25)19-17(22)14-8-4-5-9-16(14)26-19/h2-11H,1H3. The molecule has 0 saturated carbocycles. The summed E-state index contributed by atoms with van der Waals surface area (Å²) < 4.78 is 4.09. The molecule has 132 valence electrons. The van der Waals surface area contributed by atoms with E-state index in [1.54, 1.807) is 0 Å². The van der Waals surface area contributed by atoms with Crippen molar-refractivity contribution >= 4 is 71.3 Å². The van der Waals surface area contributed by atoms with Crippen LogP contribution in [-0.2, 0) is 7.05 Å². The van der Waals surface area contributed by atoms with Gasteiger partial charge in [0, 0.05) is 22.5 Å². The van der Waals surface area contributed by atoms with Crippen molar-refractivity contribution in [2.45, 2.75) is 0 Å². The average Bonchev–Trinajstić information content (AvgIpc) is 3.20. The molecule has 0 unspecified atom stereocenters. The minimum atomic E-state index is -0.298. The van der Waals surface area contributed by atoms with Crippen LogP contribution in [0, 0.1) is 0 Å². The highest BCUT2D eigenvalue weighted by molar-refractivity contribution is 7.21. The number of aromatic nitrogens is 1. The van der Waals surface area contributed by atoms with E-state index in [1.807, 2.05) is 48.0 Å². The minimum Gasteiger partial charge on any atom is -0.319 e. The predicted octanol–water partition coefficient (Wildman–Crippen LogP) is 6.00. The maximum atomic E-state index is 12.8. The summed E-state index contributed by atoms with van der Waals surface area (Å²) in [6, 6.07) is 20.2. The molecule has 0 radical (unpaired) electrons. The van der Waals surface area contributed by atoms with Crippen molar-refractivity contribution in [3.05, 3.63) is 75.4 Å². The van der Waals surface area contributed by atoms with Gasteiger partial charge in [-0.05, 0) is 17.5 Å². The molecule has 0 saturated heterocycles. The molecule has 0 aliphatic heterocycles. The number of amides is 1. The summed E-state index contributed by atoms with van der Waals surface area (Å²) >= 11 is 9.35. The number of hydrogen-bond acceptors (Lipinski definition) is 3. The lowest BCUT2D eigenvalue weighted by Crippen LogP contribution is -2.12. The van der Waals surface area contributed by atoms with Gasteiger partial charge in [0.2, 0.25) is 0 Å². The number of carbonyl (C=O) groups excluding carboxylic acids is 1. The molecule has 2 heterocycles. The van der Waals surface area contributed by atoms with Crippen molar-refractivity contribution in [3.8, 4) is 0 Å². The molecule has 6 heteroatoms. The van der Waals surface area contributed by atoms with Crippen molar-refractivity contribution in [3.63, 3.8) is 0 Å². The lowest BCUT2D eigenvalue weighted by atomic mass is 10.1. The maximum absolute atomic E-state index is 12.8. The van der Waals surface area contributed by atoms with Crippen LogP contribution >= 0.6 is 34.3 Å². The predicted molar refractivity (Wildman–Crippen MR) is 115 cm³/mol. The number of fused-ring (bicyclic) bond motifs is 4. The monoisotopic (exact) mass is 408 g/mol. The van der Waals surface area contributed by atoms with E-state index in [9.17, 15) is 4.79 Å². The zero-order valence-corrected chi connectivity index (χ0v) is 16.7. The fourth-order valence-electron chi connectivity index (χ4n) is 3.25. The van der Waals surface area contributed by atoms with Gasteiger partial charge in [0.15, 0.2) is 4.80 Å². The Morgan fingerprint density at radius 3 is 2.52 bits per heavy atom. The number of rotatable bonds is 1. The quantitative estimate of drug-likeness (QED) is 0.335. The van der Waals surface area contributed by atoms with Crippen molar-refractivity contribution in [1.82, 2.24) is 4.57 Å². The Labute approximate surface area is 167 Å². The summed E-state index contributed by atoms with van der Waals surface area (Å²) in [5.74, 6) is -0.298. The largest absolute Gasteiger partial charge is 0.319 e. The summed E-state index contributed by atoms with van der Waals surface area (Å²) in [6.45, 7) is 0. The summed E-state index contributed by atoms with van der Waals surface area (Å²) in [7, 11) is 1.94. The first-order valence-corrected chi connectivity index (χ1v) is 10.4. The lowest BCUT2D eigenvalue weighted by molar-refractivity contribution is 0.100. The molecule has 0 N–H and O–H groups in total. The second-order valence-electron chi connectivity index (χ2n) is 6.24. The van der Waals surface area contributed by atoms with Gasteiger partial charge < -0.3 is 4.57 Å². The first-order chi connectivity index (χ1) is 13.1. The molecule has 5 rings (SSSR count). The van der Waals surface area contributed by atoms with Crippen LogP contribution in [0.25, 0.3) is 31.1 Å². The van der Waals surface area contributed by atoms with E-state index in [0.29, 0.717) is 14.7 Å². The Kier molecular flexibility index (Phi) is 3.90. The zero-order valence-electron chi connectivity index (χ0n) is 14.3. The summed E-state index contributed by atoms with van der Waals surface area (Å²) in [6.07, 6.45) is 0. The van der Waals surface area contributed by atoms with Crippen LogP contribution in [-0.4, -0.2) is 10.5 Å². The van der Waals surface area contributed by atoms with Crippen LogP contribution in [0.15, 0.2) is 65.7 Å². The lowest BCUT2D eigenvalue weighted by Gasteiger charge is -1.99. The highest BCUT2D eigenvalue weighted by Gasteiger charge is 2.17. The van der Waals surface area contributed by atoms with Crippen molar-refractivity contribution in [2.24, 2.45) is 12.0 Å². The van der Waals surface area contributed by atoms with Crippen molar-refractivity contribution < 1.29 is 4.79 Å². The minimum absolute atomic E-state index is 0.298. The Morgan fingerprint density at radius 2 is 1.70 bits per heavy atom. The summed E-state index contributed by atoms with van der Waals surface area (Å²) in [5.41, 5.74) is 1.06. The number of thiazole rings is 1. The first-order valence-electron chi connectivity index (χ1n) is 8.37. The highest BCUT2D eigenvalue weighted by atomic mass is 35.5. The van der Waals surface area contributed by atoms with E-state index in [0.717, 1.165) is 20.3 Å². The molecule has 2 aromatic heterocycles. The van der Waals surface area contributed by atoms with E-state index in [-0.39, 0.29) is 5.91 Å². The Morgan fingerprint density at radius 1 is 0.963 bits per heavy atom. The highest BCUT2D eigenvalue weighted by Crippen LogP contribution is 2.35. The third-order valence-corrected chi connectivity index (χ3v) is 7.47. The van der Waals surface area contributed by atoms with E-state index in [1.165, 1.54) is 33.4 Å². The number of carbonyl (C=O) groups is 1. The molecule has 3 aromatic carbocycles. The smallest absolute Gasteiger partial charge is 0.291 e. The molecule has 0 aliphatic carbocycles. The molecule has 1 amide bonds. The van der Waals surface area contributed by atoms with Gasteiger partial charge in [-0.2, -0.15) is 4.99 Å². The van der Waals surface area contributed by atoms with Crippen LogP contribution in [0.3, 0.4) is 0 Å². The molecule has 27 heavy (non-hydrogen) atoms. The average molecular weight is 409 g/mol. The fourth-order valence-corrected chi connectivity index (χ4v) is 5.80. The molecule has 0 atom stereocenters. The van der Waals surface area contributed by atoms with Gasteiger partial charge >= 0.3 is 0 Å². The van der Waals surface area contributed by atoms with Gasteiger partial charge in [-0.15, -0.1) is 11.3 Å². The van der Waals surface area contributed by atoms with Gasteiger partial charge in [0.05, 0.1) is 15.2 Å². The molecular weight excluding hydrogens is 396 g/mol. The Balaban J connectivity index is 1.71. The van der Waals surface area contributed by atoms with Gasteiger partial charge in [0.25, 0.3) is 5.91 Å². The molecule has 0 spiro atoms. The van der Waals surface area contributed by atoms with Crippen LogP contribution < -0.4 is 4.80 Å². The number of aryl methyl sites for hydroxylation is 1. The van der Waals surface area contributed by atoms with E-state index < -0.39 is 0 Å². The van der Waals surface area contributed by atoms with Gasteiger partial charge in [-0.3, -0.25) is 4.79 Å². The van der Waals surface area contributed by atoms with Gasteiger partial charge in [0.1, 0.15) is 4.88 Å². The normalized spacial score (nSPS) is 12.4. The van der Waals surface area contributed by atoms with Crippen LogP contribution in [0.2, 0.25) is 5.02 Å². The molecule has 0 fully saturated rings. The zero-order chi connectivity index (χ0) is 18.5. The third-order valence-electron chi connectivity index (χ3n) is 4.63. The van der Waals surface area contributed by atoms with Crippen molar-refractivity contribution in [1.29, 1.82) is 0 Å². The number of halogens is 1. The number of nitrogens with zero attached hydrogens (tertiary/aromatic N) is 2. The number of thiophene rings is 1. The summed E-state index contributed by atoms with van der Waals surface area (Å²) in [4.78, 5) is 18.4. The van der Waals surface area contributed by atoms with Crippen LogP contribution in [0.5, 0.6) is 0 Å². The fraction of sp³-hybridized carbons (Fsp3) is 0.0476. The first kappa shape index (κ1) is 16.7. The van der Waals surface area contributed by atoms with Crippen LogP contribution in [0.1, 0.15) is 9.67 Å². The van der Waals surface area contributed by atoms with Crippen LogP contribution in [0.4, 0.5) is 0 Å². The van der Waals surface area contributed by atoms with Gasteiger partial charge in [-0.1, -0.05) is 71.5 Å². The summed E-state index contributed by atoms with van der Waals surface area (Å²) in [5, 5.41) is 3.73. The van der Waals surface area contributed by atoms with Crippen molar-refractivity contribution in [2.75, 3.05) is 0 Å². The molecule has 3 nitrogen and oxygen atoms in total. The Bertz CT molecular complexity index is 1420. The maximum Gasteiger partial charge on any atom is 0.291 e. The number of hydrogen-bond donors (Lipinski definition) is 0. The molecule has 0 aliphatic rings. The molecule has 0 bridgehead atoms. The third kappa shape index (κ3) is 2.62. The second-order valence-corrected chi connectivity index (χ2v) is 8.64. The van der Waals surface area contributed by atoms with E-state index in [2.05, 4.69) is 29.3 Å². The Hall–Kier alpha value is -2.47. The second kappa shape index (κ2) is 6.30.